The number of aromatic nitrogens is 3. The van der Waals surface area contributed by atoms with Crippen LogP contribution in [0.25, 0.3) is 21.9 Å². The van der Waals surface area contributed by atoms with Gasteiger partial charge in [-0.05, 0) is 35.9 Å². The van der Waals surface area contributed by atoms with Crippen LogP contribution < -0.4 is 5.32 Å². The number of anilines is 1. The fourth-order valence-electron chi connectivity index (χ4n) is 4.01. The van der Waals surface area contributed by atoms with E-state index >= 15 is 0 Å². The first-order valence-electron chi connectivity index (χ1n) is 9.34. The first-order chi connectivity index (χ1) is 13.6. The zero-order chi connectivity index (χ0) is 19.3. The monoisotopic (exact) mass is 376 g/mol. The van der Waals surface area contributed by atoms with E-state index in [2.05, 4.69) is 20.3 Å². The molecule has 8 nitrogen and oxygen atoms in total. The molecule has 2 aliphatic rings. The molecule has 0 spiro atoms. The van der Waals surface area contributed by atoms with E-state index in [1.54, 1.807) is 10.9 Å². The first kappa shape index (κ1) is 16.9. The zero-order valence-corrected chi connectivity index (χ0v) is 15.5. The third-order valence-corrected chi connectivity index (χ3v) is 5.48. The third-order valence-electron chi connectivity index (χ3n) is 5.48. The van der Waals surface area contributed by atoms with Crippen molar-refractivity contribution in [2.45, 2.75) is 18.9 Å². The van der Waals surface area contributed by atoms with E-state index in [0.29, 0.717) is 12.5 Å². The van der Waals surface area contributed by atoms with Gasteiger partial charge in [-0.3, -0.25) is 19.7 Å². The molecule has 2 aromatic heterocycles. The van der Waals surface area contributed by atoms with Crippen molar-refractivity contribution in [1.82, 2.24) is 24.6 Å². The Hall–Kier alpha value is -3.26. The number of hydrogen-bond acceptors (Lipinski definition) is 5. The number of aryl methyl sites for hydroxylation is 1. The first-order valence-corrected chi connectivity index (χ1v) is 9.34. The fraction of sp³-hybridized carbons (Fsp3) is 0.300. The lowest BCUT2D eigenvalue weighted by molar-refractivity contribution is -0.126. The van der Waals surface area contributed by atoms with Crippen molar-refractivity contribution in [3.63, 3.8) is 0 Å². The number of benzene rings is 1. The maximum atomic E-state index is 12.6. The molecule has 1 N–H and O–H groups in total. The van der Waals surface area contributed by atoms with Gasteiger partial charge in [0.25, 0.3) is 0 Å². The number of carbonyl (C=O) groups is 2. The van der Waals surface area contributed by atoms with Crippen LogP contribution in [0.1, 0.15) is 12.8 Å². The van der Waals surface area contributed by atoms with E-state index in [1.165, 1.54) is 4.90 Å². The Balaban J connectivity index is 1.38. The van der Waals surface area contributed by atoms with Crippen molar-refractivity contribution < 1.29 is 9.59 Å². The van der Waals surface area contributed by atoms with Crippen molar-refractivity contribution >= 4 is 28.5 Å². The Kier molecular flexibility index (Phi) is 3.87. The van der Waals surface area contributed by atoms with E-state index in [9.17, 15) is 9.59 Å². The minimum Gasteiger partial charge on any atom is -0.292 e. The predicted molar refractivity (Wildman–Crippen MR) is 104 cm³/mol. The minimum atomic E-state index is -0.422. The molecule has 5 rings (SSSR count). The summed E-state index contributed by atoms with van der Waals surface area (Å²) in [6, 6.07) is 7.33. The molecule has 3 amide bonds. The van der Waals surface area contributed by atoms with Crippen LogP contribution in [0, 0.1) is 0 Å². The average molecular weight is 376 g/mol. The largest absolute Gasteiger partial charge is 0.330 e. The number of carbonyl (C=O) groups excluding carboxylic acids is 2. The maximum Gasteiger partial charge on any atom is 0.330 e. The highest BCUT2D eigenvalue weighted by atomic mass is 16.2. The number of nitrogens with one attached hydrogen (secondary N) is 1. The van der Waals surface area contributed by atoms with Crippen LogP contribution >= 0.6 is 0 Å². The normalized spacial score (nSPS) is 19.4. The molecule has 28 heavy (non-hydrogen) atoms. The average Bonchev–Trinajstić information content (AvgIpc) is 3.39. The number of hydrogen-bond donors (Lipinski definition) is 1. The fourth-order valence-corrected chi connectivity index (χ4v) is 4.01. The summed E-state index contributed by atoms with van der Waals surface area (Å²) in [6.45, 7) is 1.22. The highest BCUT2D eigenvalue weighted by Crippen LogP contribution is 2.27. The van der Waals surface area contributed by atoms with Gasteiger partial charge in [0.2, 0.25) is 5.91 Å². The van der Waals surface area contributed by atoms with Gasteiger partial charge in [0, 0.05) is 36.9 Å². The van der Waals surface area contributed by atoms with Gasteiger partial charge in [0.1, 0.15) is 5.82 Å². The Morgan fingerprint density at radius 3 is 2.86 bits per heavy atom. The van der Waals surface area contributed by atoms with Crippen LogP contribution in [0.15, 0.2) is 42.9 Å². The van der Waals surface area contributed by atoms with E-state index in [1.807, 2.05) is 43.7 Å². The van der Waals surface area contributed by atoms with Crippen LogP contribution in [0.2, 0.25) is 0 Å². The van der Waals surface area contributed by atoms with E-state index in [4.69, 9.17) is 0 Å². The number of amides is 3. The number of imide groups is 1. The van der Waals surface area contributed by atoms with Gasteiger partial charge in [-0.15, -0.1) is 0 Å². The molecule has 1 atom stereocenters. The molecule has 0 saturated carbocycles. The number of pyridine rings is 1. The lowest BCUT2D eigenvalue weighted by Gasteiger charge is -2.16. The van der Waals surface area contributed by atoms with Crippen LogP contribution in [-0.4, -0.2) is 55.8 Å². The second-order valence-corrected chi connectivity index (χ2v) is 7.34. The maximum absolute atomic E-state index is 12.6. The molecule has 8 heteroatoms. The third kappa shape index (κ3) is 2.82. The van der Waals surface area contributed by atoms with Crippen molar-refractivity contribution in [3.8, 4) is 11.1 Å². The molecule has 4 heterocycles. The summed E-state index contributed by atoms with van der Waals surface area (Å²) in [7, 11) is 1.88. The van der Waals surface area contributed by atoms with Gasteiger partial charge >= 0.3 is 6.03 Å². The van der Waals surface area contributed by atoms with Gasteiger partial charge < -0.3 is 0 Å². The minimum absolute atomic E-state index is 0.116. The Labute approximate surface area is 161 Å². The summed E-state index contributed by atoms with van der Waals surface area (Å²) in [5.74, 6) is 0.315. The Morgan fingerprint density at radius 2 is 2.07 bits per heavy atom. The molecule has 142 valence electrons. The van der Waals surface area contributed by atoms with Crippen molar-refractivity contribution in [1.29, 1.82) is 0 Å². The van der Waals surface area contributed by atoms with Crippen LogP contribution in [0.4, 0.5) is 10.6 Å². The Morgan fingerprint density at radius 1 is 1.18 bits per heavy atom. The van der Waals surface area contributed by atoms with Crippen LogP contribution in [0.3, 0.4) is 0 Å². The zero-order valence-electron chi connectivity index (χ0n) is 15.5. The highest BCUT2D eigenvalue weighted by Gasteiger charge is 2.43. The standard InChI is InChI=1S/C20H20N6O2/c1-24-11-16(10-22-24)13-4-5-14-9-21-18(8-15(14)7-13)23-20(28)26-12-25-6-2-3-17(25)19(26)27/h4-5,7-11,17H,2-3,6,12H2,1H3,(H,21,23,28)/t17-/m1/s1. The van der Waals surface area contributed by atoms with Gasteiger partial charge in [-0.1, -0.05) is 12.1 Å². The van der Waals surface area contributed by atoms with E-state index in [0.717, 1.165) is 41.3 Å². The molecule has 1 aromatic carbocycles. The number of fused-ring (bicyclic) bond motifs is 2. The van der Waals surface area contributed by atoms with Gasteiger partial charge in [-0.2, -0.15) is 5.10 Å². The van der Waals surface area contributed by atoms with Gasteiger partial charge in [-0.25, -0.2) is 14.7 Å². The summed E-state index contributed by atoms with van der Waals surface area (Å²) in [5.41, 5.74) is 2.06. The summed E-state index contributed by atoms with van der Waals surface area (Å²) >= 11 is 0. The van der Waals surface area contributed by atoms with Crippen molar-refractivity contribution in [3.05, 3.63) is 42.9 Å². The topological polar surface area (TPSA) is 83.4 Å². The second-order valence-electron chi connectivity index (χ2n) is 7.34. The lowest BCUT2D eigenvalue weighted by Crippen LogP contribution is -2.38. The van der Waals surface area contributed by atoms with E-state index in [-0.39, 0.29) is 11.9 Å². The number of rotatable bonds is 2. The van der Waals surface area contributed by atoms with E-state index < -0.39 is 6.03 Å². The molecule has 3 aromatic rings. The predicted octanol–water partition coefficient (Wildman–Crippen LogP) is 2.43. The second kappa shape index (κ2) is 6.42. The van der Waals surface area contributed by atoms with Gasteiger partial charge in [0.15, 0.2) is 0 Å². The quantitative estimate of drug-likeness (QED) is 0.743. The highest BCUT2D eigenvalue weighted by molar-refractivity contribution is 6.04. The summed E-state index contributed by atoms with van der Waals surface area (Å²) in [5, 5.41) is 8.92. The van der Waals surface area contributed by atoms with Gasteiger partial charge in [0.05, 0.1) is 18.9 Å². The smallest absolute Gasteiger partial charge is 0.292 e. The summed E-state index contributed by atoms with van der Waals surface area (Å²) in [6.07, 6.45) is 7.33. The molecule has 0 bridgehead atoms. The molecule has 2 saturated heterocycles. The molecule has 2 fully saturated rings. The lowest BCUT2D eigenvalue weighted by atomic mass is 10.1. The van der Waals surface area contributed by atoms with Crippen molar-refractivity contribution in [2.24, 2.45) is 7.05 Å². The number of nitrogens with zero attached hydrogens (tertiary/aromatic N) is 5. The molecule has 0 unspecified atom stereocenters. The van der Waals surface area contributed by atoms with Crippen LogP contribution in [-0.2, 0) is 11.8 Å². The molecular formula is C20H20N6O2. The number of urea groups is 1. The molecule has 2 aliphatic heterocycles. The van der Waals surface area contributed by atoms with Crippen LogP contribution in [0.5, 0.6) is 0 Å². The SMILES string of the molecule is Cn1cc(-c2ccc3cnc(NC(=O)N4CN5CCC[C@@H]5C4=O)cc3c2)cn1. The molecular weight excluding hydrogens is 356 g/mol. The Bertz CT molecular complexity index is 1090. The summed E-state index contributed by atoms with van der Waals surface area (Å²) in [4.78, 5) is 32.7. The van der Waals surface area contributed by atoms with Crippen molar-refractivity contribution in [2.75, 3.05) is 18.5 Å². The summed E-state index contributed by atoms with van der Waals surface area (Å²) < 4.78 is 1.76. The molecule has 0 radical (unpaired) electrons. The molecule has 0 aliphatic carbocycles.